The maximum absolute atomic E-state index is 12.4. The van der Waals surface area contributed by atoms with Crippen LogP contribution in [-0.4, -0.2) is 24.4 Å². The number of aryl methyl sites for hydroxylation is 1. The van der Waals surface area contributed by atoms with E-state index in [1.807, 2.05) is 20.8 Å². The van der Waals surface area contributed by atoms with Crippen LogP contribution < -0.4 is 16.4 Å². The lowest BCUT2D eigenvalue weighted by molar-refractivity contribution is -0.117. The predicted octanol–water partition coefficient (Wildman–Crippen LogP) is 2.69. The van der Waals surface area contributed by atoms with Crippen molar-refractivity contribution in [1.82, 2.24) is 5.32 Å². The highest BCUT2D eigenvalue weighted by Crippen LogP contribution is 2.39. The molecule has 6 heteroatoms. The van der Waals surface area contributed by atoms with Gasteiger partial charge in [0.05, 0.1) is 5.56 Å². The van der Waals surface area contributed by atoms with E-state index in [0.29, 0.717) is 17.1 Å². The van der Waals surface area contributed by atoms with Gasteiger partial charge in [0.15, 0.2) is 0 Å². The van der Waals surface area contributed by atoms with Crippen LogP contribution in [0.4, 0.5) is 5.00 Å². The Bertz CT molecular complexity index is 579. The van der Waals surface area contributed by atoms with Gasteiger partial charge < -0.3 is 16.4 Å². The number of amides is 2. The lowest BCUT2D eigenvalue weighted by atomic mass is 9.92. The Balaban J connectivity index is 0.000000924. The number of nitrogens with one attached hydrogen (secondary N) is 2. The lowest BCUT2D eigenvalue weighted by Crippen LogP contribution is -2.30. The summed E-state index contributed by atoms with van der Waals surface area (Å²) in [6.45, 7) is 6.47. The largest absolute Gasteiger partial charge is 0.352 e. The van der Waals surface area contributed by atoms with Gasteiger partial charge in [0.1, 0.15) is 5.00 Å². The Labute approximate surface area is 142 Å². The number of fused-ring (bicyclic) bond motifs is 1. The molecule has 5 nitrogen and oxygen atoms in total. The number of thiophene rings is 1. The molecule has 2 aliphatic carbocycles. The number of nitrogens with two attached hydrogens (primary N) is 1. The van der Waals surface area contributed by atoms with E-state index in [4.69, 9.17) is 5.73 Å². The van der Waals surface area contributed by atoms with E-state index >= 15 is 0 Å². The summed E-state index contributed by atoms with van der Waals surface area (Å²) in [6, 6.07) is 0.104. The first-order valence-corrected chi connectivity index (χ1v) is 9.41. The third-order valence-corrected chi connectivity index (χ3v) is 5.26. The Morgan fingerprint density at radius 3 is 2.57 bits per heavy atom. The summed E-state index contributed by atoms with van der Waals surface area (Å²) in [4.78, 5) is 25.6. The fourth-order valence-corrected chi connectivity index (χ4v) is 3.99. The number of rotatable bonds is 4. The van der Waals surface area contributed by atoms with Gasteiger partial charge in [0.2, 0.25) is 5.91 Å². The molecular formula is C17H27N3O2S. The highest BCUT2D eigenvalue weighted by atomic mass is 32.1. The molecule has 0 aromatic carbocycles. The normalized spacial score (nSPS) is 19.2. The van der Waals surface area contributed by atoms with E-state index in [0.717, 1.165) is 37.7 Å². The summed E-state index contributed by atoms with van der Waals surface area (Å²) in [6.07, 6.45) is 4.47. The van der Waals surface area contributed by atoms with Crippen molar-refractivity contribution in [3.63, 3.8) is 0 Å². The number of carbonyl (C=O) groups is 2. The second-order valence-electron chi connectivity index (χ2n) is 5.83. The van der Waals surface area contributed by atoms with Crippen LogP contribution in [0.1, 0.15) is 60.8 Å². The monoisotopic (exact) mass is 337 g/mol. The van der Waals surface area contributed by atoms with Gasteiger partial charge in [0.25, 0.3) is 5.91 Å². The number of anilines is 1. The maximum atomic E-state index is 12.4. The molecule has 2 amide bonds. The number of hydrogen-bond acceptors (Lipinski definition) is 4. The van der Waals surface area contributed by atoms with Crippen molar-refractivity contribution in [2.75, 3.05) is 11.9 Å². The van der Waals surface area contributed by atoms with Crippen molar-refractivity contribution in [2.24, 2.45) is 11.7 Å². The Morgan fingerprint density at radius 2 is 1.96 bits per heavy atom. The van der Waals surface area contributed by atoms with E-state index in [-0.39, 0.29) is 23.8 Å². The van der Waals surface area contributed by atoms with Gasteiger partial charge in [-0.25, -0.2) is 0 Å². The average Bonchev–Trinajstić information content (AvgIpc) is 3.32. The van der Waals surface area contributed by atoms with Crippen LogP contribution >= 0.6 is 11.3 Å². The minimum absolute atomic E-state index is 0.0449. The molecule has 23 heavy (non-hydrogen) atoms. The van der Waals surface area contributed by atoms with Crippen LogP contribution in [-0.2, 0) is 17.6 Å². The standard InChI is InChI=1S/C15H21N3O2S.C2H6/c1-2-17-14(20)12-10-7-9(16)5-6-11(10)21-15(12)18-13(19)8-3-4-8;1-2/h8-9H,2-7,16H2,1H3,(H,17,20)(H,18,19);1-2H3. The molecule has 1 heterocycles. The van der Waals surface area contributed by atoms with Crippen molar-refractivity contribution >= 4 is 28.2 Å². The summed E-state index contributed by atoms with van der Waals surface area (Å²) in [5.41, 5.74) is 7.72. The summed E-state index contributed by atoms with van der Waals surface area (Å²) >= 11 is 1.54. The molecule has 0 spiro atoms. The molecule has 1 aromatic heterocycles. The predicted molar refractivity (Wildman–Crippen MR) is 95.0 cm³/mol. The first-order chi connectivity index (χ1) is 11.1. The molecule has 1 saturated carbocycles. The molecule has 1 unspecified atom stereocenters. The smallest absolute Gasteiger partial charge is 0.254 e. The molecule has 0 radical (unpaired) electrons. The molecule has 0 aliphatic heterocycles. The van der Waals surface area contributed by atoms with E-state index in [2.05, 4.69) is 10.6 Å². The van der Waals surface area contributed by atoms with Gasteiger partial charge in [0, 0.05) is 23.4 Å². The zero-order valence-electron chi connectivity index (χ0n) is 14.2. The number of hydrogen-bond donors (Lipinski definition) is 3. The molecule has 1 atom stereocenters. The summed E-state index contributed by atoms with van der Waals surface area (Å²) in [5, 5.41) is 6.51. The van der Waals surface area contributed by atoms with Gasteiger partial charge in [-0.1, -0.05) is 13.8 Å². The van der Waals surface area contributed by atoms with Gasteiger partial charge in [-0.05, 0) is 44.6 Å². The van der Waals surface area contributed by atoms with Gasteiger partial charge in [-0.3, -0.25) is 9.59 Å². The van der Waals surface area contributed by atoms with E-state index in [1.165, 1.54) is 4.88 Å². The highest BCUT2D eigenvalue weighted by Gasteiger charge is 2.33. The third kappa shape index (κ3) is 4.12. The van der Waals surface area contributed by atoms with Crippen molar-refractivity contribution in [3.05, 3.63) is 16.0 Å². The summed E-state index contributed by atoms with van der Waals surface area (Å²) in [7, 11) is 0. The van der Waals surface area contributed by atoms with Crippen molar-refractivity contribution in [3.8, 4) is 0 Å². The summed E-state index contributed by atoms with van der Waals surface area (Å²) < 4.78 is 0. The van der Waals surface area contributed by atoms with Crippen molar-refractivity contribution < 1.29 is 9.59 Å². The SMILES string of the molecule is CC.CCNC(=O)c1c(NC(=O)C2CC2)sc2c1CC(N)CC2. The van der Waals surface area contributed by atoms with Crippen LogP contribution in [0.15, 0.2) is 0 Å². The fourth-order valence-electron chi connectivity index (χ4n) is 2.75. The molecule has 0 saturated heterocycles. The molecule has 1 aromatic rings. The minimum atomic E-state index is -0.102. The first-order valence-electron chi connectivity index (χ1n) is 8.59. The van der Waals surface area contributed by atoms with Crippen LogP contribution in [0.25, 0.3) is 0 Å². The number of carbonyl (C=O) groups excluding carboxylic acids is 2. The maximum Gasteiger partial charge on any atom is 0.254 e. The average molecular weight is 337 g/mol. The Kier molecular flexibility index (Phi) is 6.18. The van der Waals surface area contributed by atoms with Crippen LogP contribution in [0.2, 0.25) is 0 Å². The molecule has 0 bridgehead atoms. The summed E-state index contributed by atoms with van der Waals surface area (Å²) in [5.74, 6) is 0.0760. The van der Waals surface area contributed by atoms with Gasteiger partial charge in [-0.2, -0.15) is 0 Å². The molecular weight excluding hydrogens is 310 g/mol. The van der Waals surface area contributed by atoms with E-state index in [9.17, 15) is 9.59 Å². The molecule has 2 aliphatic rings. The van der Waals surface area contributed by atoms with Crippen LogP contribution in [0.5, 0.6) is 0 Å². The molecule has 128 valence electrons. The minimum Gasteiger partial charge on any atom is -0.352 e. The highest BCUT2D eigenvalue weighted by molar-refractivity contribution is 7.17. The van der Waals surface area contributed by atoms with E-state index < -0.39 is 0 Å². The van der Waals surface area contributed by atoms with Crippen molar-refractivity contribution in [2.45, 2.75) is 58.9 Å². The Hall–Kier alpha value is -1.40. The first kappa shape index (κ1) is 17.9. The second kappa shape index (κ2) is 7.93. The van der Waals surface area contributed by atoms with Crippen LogP contribution in [0, 0.1) is 5.92 Å². The Morgan fingerprint density at radius 1 is 1.26 bits per heavy atom. The lowest BCUT2D eigenvalue weighted by Gasteiger charge is -2.19. The zero-order chi connectivity index (χ0) is 17.0. The van der Waals surface area contributed by atoms with Gasteiger partial charge >= 0.3 is 0 Å². The molecule has 3 rings (SSSR count). The molecule has 4 N–H and O–H groups in total. The van der Waals surface area contributed by atoms with Crippen molar-refractivity contribution in [1.29, 1.82) is 0 Å². The topological polar surface area (TPSA) is 84.2 Å². The zero-order valence-corrected chi connectivity index (χ0v) is 15.0. The third-order valence-electron chi connectivity index (χ3n) is 4.05. The quantitative estimate of drug-likeness (QED) is 0.790. The van der Waals surface area contributed by atoms with Crippen LogP contribution in [0.3, 0.4) is 0 Å². The second-order valence-corrected chi connectivity index (χ2v) is 6.94. The fraction of sp³-hybridized carbons (Fsp3) is 0.647. The van der Waals surface area contributed by atoms with Gasteiger partial charge in [-0.15, -0.1) is 11.3 Å². The molecule has 1 fully saturated rings. The van der Waals surface area contributed by atoms with E-state index in [1.54, 1.807) is 11.3 Å².